The van der Waals surface area contributed by atoms with Crippen LogP contribution in [0.25, 0.3) is 0 Å². The van der Waals surface area contributed by atoms with Crippen molar-refractivity contribution in [3.05, 3.63) is 46.3 Å². The van der Waals surface area contributed by atoms with Crippen molar-refractivity contribution < 1.29 is 23.8 Å². The Morgan fingerprint density at radius 2 is 1.90 bits per heavy atom. The molecule has 0 unspecified atom stereocenters. The van der Waals surface area contributed by atoms with Gasteiger partial charge in [-0.3, -0.25) is 15.0 Å². The number of hydrogen-bond acceptors (Lipinski definition) is 8. The van der Waals surface area contributed by atoms with Crippen LogP contribution in [0.3, 0.4) is 0 Å². The highest BCUT2D eigenvalue weighted by Gasteiger charge is 2.32. The number of anilines is 1. The maximum Gasteiger partial charge on any atom is 0.273 e. The number of amidine groups is 1. The van der Waals surface area contributed by atoms with E-state index in [0.717, 1.165) is 22.6 Å². The number of benzene rings is 1. The number of methoxy groups -OCH3 is 2. The summed E-state index contributed by atoms with van der Waals surface area (Å²) in [7, 11) is 6.75. The van der Waals surface area contributed by atoms with E-state index in [9.17, 15) is 9.59 Å². The summed E-state index contributed by atoms with van der Waals surface area (Å²) in [6.45, 7) is 9.91. The molecule has 0 saturated heterocycles. The Balaban J connectivity index is 0.00000533. The monoisotopic (exact) mass is 605 g/mol. The Kier molecular flexibility index (Phi) is 10.9. The van der Waals surface area contributed by atoms with Gasteiger partial charge < -0.3 is 29.3 Å². The van der Waals surface area contributed by atoms with Gasteiger partial charge in [-0.25, -0.2) is 4.98 Å². The number of likely N-dealkylation sites (N-methyl/N-ethyl adjacent to an activating group) is 1. The lowest BCUT2D eigenvalue weighted by atomic mass is 9.84. The van der Waals surface area contributed by atoms with Crippen molar-refractivity contribution in [1.82, 2.24) is 15.2 Å². The van der Waals surface area contributed by atoms with Crippen molar-refractivity contribution in [2.75, 3.05) is 59.5 Å². The van der Waals surface area contributed by atoms with E-state index in [0.29, 0.717) is 43.3 Å². The van der Waals surface area contributed by atoms with Gasteiger partial charge in [0.25, 0.3) is 5.91 Å². The van der Waals surface area contributed by atoms with Crippen molar-refractivity contribution in [2.45, 2.75) is 39.7 Å². The molecule has 2 aromatic rings. The number of hydrogen-bond donors (Lipinski definition) is 2. The fourth-order valence-corrected chi connectivity index (χ4v) is 4.42. The van der Waals surface area contributed by atoms with Crippen molar-refractivity contribution in [1.29, 1.82) is 5.41 Å². The van der Waals surface area contributed by atoms with Gasteiger partial charge in [-0.2, -0.15) is 0 Å². The first-order valence-electron chi connectivity index (χ1n) is 12.6. The van der Waals surface area contributed by atoms with Crippen LogP contribution < -0.4 is 19.7 Å². The Morgan fingerprint density at radius 1 is 1.21 bits per heavy atom. The topological polar surface area (TPSA) is 117 Å². The van der Waals surface area contributed by atoms with E-state index in [2.05, 4.69) is 31.1 Å². The molecular formula is C28H40BrN5O5. The third-order valence-corrected chi connectivity index (χ3v) is 6.49. The lowest BCUT2D eigenvalue weighted by molar-refractivity contribution is 0.0949. The fraction of sp³-hybridized carbons (Fsp3) is 0.500. The predicted octanol–water partition coefficient (Wildman–Crippen LogP) is 3.83. The predicted molar refractivity (Wildman–Crippen MR) is 158 cm³/mol. The van der Waals surface area contributed by atoms with Gasteiger partial charge in [0.05, 0.1) is 32.6 Å². The van der Waals surface area contributed by atoms with Gasteiger partial charge in [-0.05, 0) is 30.5 Å². The standard InChI is InChI=1S/C28H39N5O5.BrH/c1-9-38-22-14-18-15-33(26(29)23(18)31-24(22)27(35)30-5)16-21(34)17-12-19(28(2,3)4)25(37-8)20(13-17)32(6)10-11-36-7;/h12-14,29H,9-11,15-16H2,1-8H3,(H,30,35);1H. The summed E-state index contributed by atoms with van der Waals surface area (Å²) in [5.41, 5.74) is 3.23. The number of aromatic nitrogens is 1. The first-order valence-corrected chi connectivity index (χ1v) is 12.6. The summed E-state index contributed by atoms with van der Waals surface area (Å²) in [5, 5.41) is 11.3. The van der Waals surface area contributed by atoms with E-state index < -0.39 is 5.91 Å². The van der Waals surface area contributed by atoms with Gasteiger partial charge >= 0.3 is 0 Å². The average molecular weight is 607 g/mol. The molecule has 1 aliphatic rings. The number of Topliss-reactive ketones (excluding diaryl/α,β-unsaturated/α-hetero) is 1. The molecule has 1 aliphatic heterocycles. The minimum absolute atomic E-state index is 0. The summed E-state index contributed by atoms with van der Waals surface area (Å²) >= 11 is 0. The van der Waals surface area contributed by atoms with Crippen molar-refractivity contribution in [3.8, 4) is 11.5 Å². The first-order chi connectivity index (χ1) is 18.0. The molecule has 0 spiro atoms. The zero-order chi connectivity index (χ0) is 28.2. The average Bonchev–Trinajstić information content (AvgIpc) is 3.18. The number of carbonyl (C=O) groups excluding carboxylic acids is 2. The normalized spacial score (nSPS) is 12.5. The fourth-order valence-electron chi connectivity index (χ4n) is 4.42. The molecule has 1 aromatic carbocycles. The van der Waals surface area contributed by atoms with E-state index in [1.54, 1.807) is 25.2 Å². The van der Waals surface area contributed by atoms with E-state index in [1.807, 2.05) is 31.0 Å². The molecule has 1 amide bonds. The first kappa shape index (κ1) is 32.0. The van der Waals surface area contributed by atoms with Crippen LogP contribution in [0.5, 0.6) is 11.5 Å². The van der Waals surface area contributed by atoms with Gasteiger partial charge in [-0.1, -0.05) is 20.8 Å². The number of ketones is 1. The molecule has 3 rings (SSSR count). The second kappa shape index (κ2) is 13.3. The van der Waals surface area contributed by atoms with Crippen LogP contribution in [0.15, 0.2) is 18.2 Å². The van der Waals surface area contributed by atoms with Gasteiger partial charge in [0.1, 0.15) is 17.3 Å². The van der Waals surface area contributed by atoms with Crippen LogP contribution in [0.1, 0.15) is 65.4 Å². The molecule has 0 fully saturated rings. The molecule has 214 valence electrons. The quantitative estimate of drug-likeness (QED) is 0.371. The molecule has 1 aromatic heterocycles. The third-order valence-electron chi connectivity index (χ3n) is 6.49. The lowest BCUT2D eigenvalue weighted by Gasteiger charge is -2.29. The summed E-state index contributed by atoms with van der Waals surface area (Å²) < 4.78 is 16.7. The zero-order valence-electron chi connectivity index (χ0n) is 24.1. The maximum absolute atomic E-state index is 13.6. The van der Waals surface area contributed by atoms with Crippen LogP contribution in [0.2, 0.25) is 0 Å². The Morgan fingerprint density at radius 3 is 2.46 bits per heavy atom. The molecular weight excluding hydrogens is 566 g/mol. The number of fused-ring (bicyclic) bond motifs is 1. The third kappa shape index (κ3) is 6.88. The maximum atomic E-state index is 13.6. The van der Waals surface area contributed by atoms with Crippen LogP contribution in [-0.2, 0) is 16.7 Å². The number of pyridine rings is 1. The molecule has 0 aliphatic carbocycles. The minimum atomic E-state index is -0.392. The minimum Gasteiger partial charge on any atom is -0.494 e. The highest BCUT2D eigenvalue weighted by Crippen LogP contribution is 2.40. The number of rotatable bonds is 11. The van der Waals surface area contributed by atoms with E-state index in [1.165, 1.54) is 7.05 Å². The number of ether oxygens (including phenoxy) is 3. The second-order valence-corrected chi connectivity index (χ2v) is 10.2. The van der Waals surface area contributed by atoms with Crippen LogP contribution in [0, 0.1) is 5.41 Å². The summed E-state index contributed by atoms with van der Waals surface area (Å²) in [5.74, 6) is 0.664. The van der Waals surface area contributed by atoms with Gasteiger partial charge in [-0.15, -0.1) is 17.0 Å². The Hall–Kier alpha value is -3.18. The molecule has 39 heavy (non-hydrogen) atoms. The van der Waals surface area contributed by atoms with Gasteiger partial charge in [0, 0.05) is 51.0 Å². The second-order valence-electron chi connectivity index (χ2n) is 10.2. The van der Waals surface area contributed by atoms with E-state index >= 15 is 0 Å². The highest BCUT2D eigenvalue weighted by atomic mass is 79.9. The summed E-state index contributed by atoms with van der Waals surface area (Å²) in [6, 6.07) is 5.47. The molecule has 10 nitrogen and oxygen atoms in total. The number of halogens is 1. The van der Waals surface area contributed by atoms with Crippen molar-refractivity contribution >= 4 is 40.2 Å². The van der Waals surface area contributed by atoms with Gasteiger partial charge in [0.15, 0.2) is 17.2 Å². The molecule has 0 radical (unpaired) electrons. The van der Waals surface area contributed by atoms with Crippen LogP contribution in [0.4, 0.5) is 5.69 Å². The SMILES string of the molecule is Br.CCOc1cc2c(nc1C(=O)NC)C(=N)N(CC(=O)c1cc(N(C)CCOC)c(OC)c(C(C)(C)C)c1)C2. The number of nitrogens with zero attached hydrogens (tertiary/aromatic N) is 3. The summed E-state index contributed by atoms with van der Waals surface area (Å²) in [4.78, 5) is 34.1. The van der Waals surface area contributed by atoms with Crippen molar-refractivity contribution in [2.24, 2.45) is 0 Å². The smallest absolute Gasteiger partial charge is 0.273 e. The lowest BCUT2D eigenvalue weighted by Crippen LogP contribution is -2.31. The summed E-state index contributed by atoms with van der Waals surface area (Å²) in [6.07, 6.45) is 0. The van der Waals surface area contributed by atoms with E-state index in [4.69, 9.17) is 19.6 Å². The largest absolute Gasteiger partial charge is 0.494 e. The Labute approximate surface area is 241 Å². The molecule has 0 saturated carbocycles. The molecule has 0 atom stereocenters. The van der Waals surface area contributed by atoms with Crippen LogP contribution >= 0.6 is 17.0 Å². The van der Waals surface area contributed by atoms with E-state index in [-0.39, 0.29) is 46.3 Å². The zero-order valence-corrected chi connectivity index (χ0v) is 25.8. The molecule has 2 heterocycles. The van der Waals surface area contributed by atoms with Crippen LogP contribution in [-0.4, -0.2) is 82.0 Å². The number of carbonyl (C=O) groups is 2. The Bertz CT molecular complexity index is 1230. The molecule has 2 N–H and O–H groups in total. The molecule has 0 bridgehead atoms. The molecule has 11 heteroatoms. The number of nitrogens with one attached hydrogen (secondary N) is 2. The number of amides is 1. The van der Waals surface area contributed by atoms with Crippen molar-refractivity contribution in [3.63, 3.8) is 0 Å². The van der Waals surface area contributed by atoms with Gasteiger partial charge in [0.2, 0.25) is 0 Å². The highest BCUT2D eigenvalue weighted by molar-refractivity contribution is 8.93.